The molecule has 1 amide bonds. The summed E-state index contributed by atoms with van der Waals surface area (Å²) in [6, 6.07) is 13.5. The number of amides is 1. The molecule has 0 saturated heterocycles. The molecule has 1 aliphatic rings. The van der Waals surface area contributed by atoms with Crippen molar-refractivity contribution in [2.24, 2.45) is 7.05 Å². The van der Waals surface area contributed by atoms with Gasteiger partial charge in [-0.05, 0) is 17.7 Å². The van der Waals surface area contributed by atoms with E-state index in [1.54, 1.807) is 23.6 Å². The Morgan fingerprint density at radius 1 is 1.17 bits per heavy atom. The Balaban J connectivity index is 1.87. The van der Waals surface area contributed by atoms with Crippen LogP contribution in [0, 0.1) is 10.1 Å². The summed E-state index contributed by atoms with van der Waals surface area (Å²) in [4.78, 5) is 41.0. The summed E-state index contributed by atoms with van der Waals surface area (Å²) in [5.41, 5.74) is 2.02. The SMILES string of the molecule is Cn1c(=O)c2c(n3c4ccccc4nc13)NC(=O)CC2c1cccc([N+](=O)[O-])c1. The second-order valence-corrected chi connectivity index (χ2v) is 7.02. The molecule has 9 heteroatoms. The molecule has 2 aromatic carbocycles. The Morgan fingerprint density at radius 3 is 2.76 bits per heavy atom. The number of nitrogens with one attached hydrogen (secondary N) is 1. The number of nitrogens with zero attached hydrogens (tertiary/aromatic N) is 4. The number of rotatable bonds is 2. The molecule has 0 bridgehead atoms. The maximum atomic E-state index is 13.2. The van der Waals surface area contributed by atoms with Crippen molar-refractivity contribution in [2.75, 3.05) is 5.32 Å². The summed E-state index contributed by atoms with van der Waals surface area (Å²) in [5, 5.41) is 14.0. The molecule has 0 saturated carbocycles. The summed E-state index contributed by atoms with van der Waals surface area (Å²) < 4.78 is 3.20. The summed E-state index contributed by atoms with van der Waals surface area (Å²) in [5.74, 6) is -0.0799. The van der Waals surface area contributed by atoms with Crippen LogP contribution in [0.15, 0.2) is 53.3 Å². The number of imidazole rings is 1. The van der Waals surface area contributed by atoms with Gasteiger partial charge in [-0.15, -0.1) is 0 Å². The van der Waals surface area contributed by atoms with Crippen molar-refractivity contribution in [3.8, 4) is 0 Å². The largest absolute Gasteiger partial charge is 0.311 e. The van der Waals surface area contributed by atoms with Gasteiger partial charge < -0.3 is 5.32 Å². The quantitative estimate of drug-likeness (QED) is 0.418. The van der Waals surface area contributed by atoms with E-state index in [1.807, 2.05) is 24.3 Å². The first kappa shape index (κ1) is 17.1. The summed E-state index contributed by atoms with van der Waals surface area (Å²) >= 11 is 0. The van der Waals surface area contributed by atoms with Crippen molar-refractivity contribution >= 4 is 34.2 Å². The fourth-order valence-electron chi connectivity index (χ4n) is 4.00. The first-order valence-electron chi connectivity index (χ1n) is 9.00. The number of fused-ring (bicyclic) bond motifs is 5. The predicted octanol–water partition coefficient (Wildman–Crippen LogP) is 2.57. The zero-order valence-electron chi connectivity index (χ0n) is 15.3. The standard InChI is InChI=1S/C20H15N5O4/c1-23-19(27)17-13(11-5-4-6-12(9-11)25(28)29)10-16(26)22-18(17)24-15-8-3-2-7-14(15)21-20(23)24/h2-9,13H,10H2,1H3,(H,22,26). The highest BCUT2D eigenvalue weighted by Crippen LogP contribution is 2.37. The Labute approximate surface area is 163 Å². The molecule has 1 atom stereocenters. The van der Waals surface area contributed by atoms with Crippen molar-refractivity contribution in [1.29, 1.82) is 0 Å². The minimum absolute atomic E-state index is 0.0293. The maximum Gasteiger partial charge on any atom is 0.269 e. The Bertz CT molecular complexity index is 1400. The molecule has 1 unspecified atom stereocenters. The number of non-ortho nitro benzene ring substituents is 1. The van der Waals surface area contributed by atoms with E-state index < -0.39 is 10.8 Å². The van der Waals surface area contributed by atoms with Gasteiger partial charge in [0, 0.05) is 31.5 Å². The number of hydrogen-bond acceptors (Lipinski definition) is 5. The van der Waals surface area contributed by atoms with Crippen LogP contribution in [0.3, 0.4) is 0 Å². The lowest BCUT2D eigenvalue weighted by Crippen LogP contribution is -2.35. The first-order chi connectivity index (χ1) is 14.0. The van der Waals surface area contributed by atoms with E-state index in [0.29, 0.717) is 28.2 Å². The zero-order valence-corrected chi connectivity index (χ0v) is 15.3. The zero-order chi connectivity index (χ0) is 20.3. The highest BCUT2D eigenvalue weighted by Gasteiger charge is 2.33. The van der Waals surface area contributed by atoms with E-state index in [-0.39, 0.29) is 23.6 Å². The topological polar surface area (TPSA) is 112 Å². The fourth-order valence-corrected chi connectivity index (χ4v) is 4.00. The summed E-state index contributed by atoms with van der Waals surface area (Å²) in [6.07, 6.45) is 0.0293. The molecule has 0 spiro atoms. The highest BCUT2D eigenvalue weighted by molar-refractivity contribution is 5.96. The monoisotopic (exact) mass is 389 g/mol. The fraction of sp³-hybridized carbons (Fsp3) is 0.150. The van der Waals surface area contributed by atoms with E-state index in [9.17, 15) is 19.7 Å². The van der Waals surface area contributed by atoms with Gasteiger partial charge in [-0.1, -0.05) is 24.3 Å². The molecule has 1 N–H and O–H groups in total. The van der Waals surface area contributed by atoms with Crippen molar-refractivity contribution in [1.82, 2.24) is 14.0 Å². The molecule has 2 aromatic heterocycles. The maximum absolute atomic E-state index is 13.2. The number of carbonyl (C=O) groups is 1. The van der Waals surface area contributed by atoms with Crippen LogP contribution in [0.2, 0.25) is 0 Å². The van der Waals surface area contributed by atoms with Gasteiger partial charge in [0.2, 0.25) is 11.7 Å². The van der Waals surface area contributed by atoms with Crippen LogP contribution in [-0.4, -0.2) is 24.8 Å². The number of carbonyl (C=O) groups excluding carboxylic acids is 1. The van der Waals surface area contributed by atoms with Crippen LogP contribution in [-0.2, 0) is 11.8 Å². The molecular weight excluding hydrogens is 374 g/mol. The van der Waals surface area contributed by atoms with Gasteiger partial charge in [0.15, 0.2) is 0 Å². The molecule has 0 aliphatic carbocycles. The number of hydrogen-bond donors (Lipinski definition) is 1. The lowest BCUT2D eigenvalue weighted by molar-refractivity contribution is -0.384. The third-order valence-electron chi connectivity index (χ3n) is 5.34. The average Bonchev–Trinajstić information content (AvgIpc) is 3.11. The van der Waals surface area contributed by atoms with Gasteiger partial charge in [0.1, 0.15) is 5.82 Å². The van der Waals surface area contributed by atoms with E-state index in [0.717, 1.165) is 5.52 Å². The second kappa shape index (κ2) is 5.99. The molecule has 29 heavy (non-hydrogen) atoms. The van der Waals surface area contributed by atoms with E-state index >= 15 is 0 Å². The third-order valence-corrected chi connectivity index (χ3v) is 5.34. The summed E-state index contributed by atoms with van der Waals surface area (Å²) in [6.45, 7) is 0. The molecule has 3 heterocycles. The highest BCUT2D eigenvalue weighted by atomic mass is 16.6. The lowest BCUT2D eigenvalue weighted by Gasteiger charge is -2.26. The van der Waals surface area contributed by atoms with Crippen molar-refractivity contribution < 1.29 is 9.72 Å². The molecule has 0 fully saturated rings. The smallest absolute Gasteiger partial charge is 0.269 e. The van der Waals surface area contributed by atoms with Crippen LogP contribution in [0.25, 0.3) is 16.8 Å². The number of nitro benzene ring substituents is 1. The van der Waals surface area contributed by atoms with Crippen molar-refractivity contribution in [3.05, 3.63) is 80.1 Å². The van der Waals surface area contributed by atoms with Gasteiger partial charge in [-0.3, -0.25) is 28.7 Å². The minimum Gasteiger partial charge on any atom is -0.311 e. The molecule has 0 radical (unpaired) electrons. The number of para-hydroxylation sites is 2. The molecule has 4 aromatic rings. The number of benzene rings is 2. The number of aromatic nitrogens is 3. The molecule has 9 nitrogen and oxygen atoms in total. The third kappa shape index (κ3) is 2.44. The van der Waals surface area contributed by atoms with Crippen molar-refractivity contribution in [2.45, 2.75) is 12.3 Å². The van der Waals surface area contributed by atoms with E-state index in [2.05, 4.69) is 10.3 Å². The Kier molecular flexibility index (Phi) is 3.54. The number of nitro groups is 1. The second-order valence-electron chi connectivity index (χ2n) is 7.02. The minimum atomic E-state index is -0.595. The van der Waals surface area contributed by atoms with Crippen LogP contribution in [0.1, 0.15) is 23.5 Å². The normalized spacial score (nSPS) is 16.0. The number of anilines is 1. The van der Waals surface area contributed by atoms with Crippen LogP contribution in [0.4, 0.5) is 11.5 Å². The number of aryl methyl sites for hydroxylation is 1. The van der Waals surface area contributed by atoms with Crippen LogP contribution in [0.5, 0.6) is 0 Å². The van der Waals surface area contributed by atoms with E-state index in [4.69, 9.17) is 0 Å². The first-order valence-corrected chi connectivity index (χ1v) is 9.00. The van der Waals surface area contributed by atoms with Gasteiger partial charge in [-0.25, -0.2) is 4.98 Å². The van der Waals surface area contributed by atoms with Crippen molar-refractivity contribution in [3.63, 3.8) is 0 Å². The van der Waals surface area contributed by atoms with Crippen LogP contribution >= 0.6 is 0 Å². The van der Waals surface area contributed by atoms with Gasteiger partial charge in [0.05, 0.1) is 21.5 Å². The van der Waals surface area contributed by atoms with Gasteiger partial charge >= 0.3 is 0 Å². The van der Waals surface area contributed by atoms with Gasteiger partial charge in [0.25, 0.3) is 11.2 Å². The van der Waals surface area contributed by atoms with Gasteiger partial charge in [-0.2, -0.15) is 0 Å². The Morgan fingerprint density at radius 2 is 1.97 bits per heavy atom. The Hall–Kier alpha value is -4.01. The average molecular weight is 389 g/mol. The summed E-state index contributed by atoms with van der Waals surface area (Å²) in [7, 11) is 1.63. The molecule has 5 rings (SSSR count). The molecule has 144 valence electrons. The molecular formula is C20H15N5O4. The van der Waals surface area contributed by atoms with E-state index in [1.165, 1.54) is 16.7 Å². The molecule has 1 aliphatic heterocycles. The lowest BCUT2D eigenvalue weighted by atomic mass is 9.86. The predicted molar refractivity (Wildman–Crippen MR) is 106 cm³/mol. The van der Waals surface area contributed by atoms with Crippen LogP contribution < -0.4 is 10.9 Å².